The van der Waals surface area contributed by atoms with Gasteiger partial charge in [0, 0.05) is 6.54 Å². The third-order valence-corrected chi connectivity index (χ3v) is 1.65. The summed E-state index contributed by atoms with van der Waals surface area (Å²) in [6.07, 6.45) is 0.707. The maximum atomic E-state index is 10.4. The molecule has 0 radical (unpaired) electrons. The van der Waals surface area contributed by atoms with Crippen molar-refractivity contribution >= 4 is 5.91 Å². The third-order valence-electron chi connectivity index (χ3n) is 1.65. The molecule has 0 aliphatic heterocycles. The molecular weight excluding hydrogens is 168 g/mol. The Kier molecular flexibility index (Phi) is 4.95. The van der Waals surface area contributed by atoms with E-state index in [0.29, 0.717) is 18.9 Å². The first-order valence-corrected chi connectivity index (χ1v) is 4.55. The molecule has 1 unspecified atom stereocenters. The Labute approximate surface area is 79.5 Å². The zero-order valence-electron chi connectivity index (χ0n) is 8.63. The highest BCUT2D eigenvalue weighted by Gasteiger charge is 2.21. The van der Waals surface area contributed by atoms with E-state index >= 15 is 0 Å². The molecule has 0 heterocycles. The molecule has 0 rings (SSSR count). The van der Waals surface area contributed by atoms with Gasteiger partial charge in [0.25, 0.3) is 0 Å². The summed E-state index contributed by atoms with van der Waals surface area (Å²) in [6.45, 7) is 6.36. The molecule has 0 bridgehead atoms. The van der Waals surface area contributed by atoms with Gasteiger partial charge < -0.3 is 16.2 Å². The van der Waals surface area contributed by atoms with Crippen LogP contribution in [-0.4, -0.2) is 29.7 Å². The SMILES string of the molecule is CC(C)CC(C)(O)CNCC(N)=O. The summed E-state index contributed by atoms with van der Waals surface area (Å²) in [6, 6.07) is 0. The fraction of sp³-hybridized carbons (Fsp3) is 0.889. The van der Waals surface area contributed by atoms with Crippen LogP contribution in [0.25, 0.3) is 0 Å². The maximum absolute atomic E-state index is 10.4. The minimum atomic E-state index is -0.760. The van der Waals surface area contributed by atoms with Crippen LogP contribution >= 0.6 is 0 Å². The molecule has 13 heavy (non-hydrogen) atoms. The number of nitrogens with two attached hydrogens (primary N) is 1. The number of carbonyl (C=O) groups is 1. The van der Waals surface area contributed by atoms with Crippen LogP contribution in [0.1, 0.15) is 27.2 Å². The smallest absolute Gasteiger partial charge is 0.231 e. The number of hydrogen-bond donors (Lipinski definition) is 3. The lowest BCUT2D eigenvalue weighted by Gasteiger charge is -2.25. The number of rotatable bonds is 6. The number of amides is 1. The number of carbonyl (C=O) groups excluding carboxylic acids is 1. The Morgan fingerprint density at radius 1 is 1.62 bits per heavy atom. The summed E-state index contributed by atoms with van der Waals surface area (Å²) in [5, 5.41) is 12.6. The largest absolute Gasteiger partial charge is 0.389 e. The first kappa shape index (κ1) is 12.4. The van der Waals surface area contributed by atoms with Gasteiger partial charge in [-0.2, -0.15) is 0 Å². The summed E-state index contributed by atoms with van der Waals surface area (Å²) < 4.78 is 0. The van der Waals surface area contributed by atoms with Gasteiger partial charge in [-0.25, -0.2) is 0 Å². The Bertz CT molecular complexity index is 167. The fourth-order valence-electron chi connectivity index (χ4n) is 1.41. The van der Waals surface area contributed by atoms with Crippen LogP contribution in [0, 0.1) is 5.92 Å². The van der Waals surface area contributed by atoms with Gasteiger partial charge in [-0.1, -0.05) is 13.8 Å². The zero-order valence-corrected chi connectivity index (χ0v) is 8.63. The Balaban J connectivity index is 3.68. The van der Waals surface area contributed by atoms with Gasteiger partial charge in [0.05, 0.1) is 12.1 Å². The number of hydrogen-bond acceptors (Lipinski definition) is 3. The van der Waals surface area contributed by atoms with Gasteiger partial charge >= 0.3 is 0 Å². The number of nitrogens with one attached hydrogen (secondary N) is 1. The molecule has 1 amide bonds. The highest BCUT2D eigenvalue weighted by molar-refractivity contribution is 5.75. The van der Waals surface area contributed by atoms with E-state index in [4.69, 9.17) is 5.73 Å². The van der Waals surface area contributed by atoms with Crippen molar-refractivity contribution < 1.29 is 9.90 Å². The number of primary amides is 1. The second-order valence-corrected chi connectivity index (χ2v) is 4.16. The highest BCUT2D eigenvalue weighted by Crippen LogP contribution is 2.14. The monoisotopic (exact) mass is 188 g/mol. The first-order valence-electron chi connectivity index (χ1n) is 4.55. The van der Waals surface area contributed by atoms with Crippen molar-refractivity contribution in [2.45, 2.75) is 32.8 Å². The third kappa shape index (κ3) is 7.74. The molecule has 1 atom stereocenters. The van der Waals surface area contributed by atoms with E-state index in [9.17, 15) is 9.90 Å². The van der Waals surface area contributed by atoms with Crippen molar-refractivity contribution in [2.24, 2.45) is 11.7 Å². The first-order chi connectivity index (χ1) is 5.83. The van der Waals surface area contributed by atoms with E-state index in [2.05, 4.69) is 5.32 Å². The molecule has 78 valence electrons. The molecule has 0 aromatic rings. The molecule has 4 heteroatoms. The summed E-state index contributed by atoms with van der Waals surface area (Å²) in [7, 11) is 0. The van der Waals surface area contributed by atoms with Crippen LogP contribution in [0.5, 0.6) is 0 Å². The Morgan fingerprint density at radius 3 is 2.54 bits per heavy atom. The topological polar surface area (TPSA) is 75.3 Å². The van der Waals surface area contributed by atoms with E-state index < -0.39 is 11.5 Å². The van der Waals surface area contributed by atoms with Crippen molar-refractivity contribution in [3.63, 3.8) is 0 Å². The lowest BCUT2D eigenvalue weighted by atomic mass is 9.94. The Hall–Kier alpha value is -0.610. The predicted octanol–water partition coefficient (Wildman–Crippen LogP) is -0.142. The van der Waals surface area contributed by atoms with Crippen LogP contribution < -0.4 is 11.1 Å². The number of aliphatic hydroxyl groups is 1. The highest BCUT2D eigenvalue weighted by atomic mass is 16.3. The molecule has 0 saturated heterocycles. The van der Waals surface area contributed by atoms with Crippen molar-refractivity contribution in [1.29, 1.82) is 0 Å². The minimum Gasteiger partial charge on any atom is -0.389 e. The summed E-state index contributed by atoms with van der Waals surface area (Å²) in [5.41, 5.74) is 4.18. The quantitative estimate of drug-likeness (QED) is 0.543. The van der Waals surface area contributed by atoms with Crippen LogP contribution in [0.2, 0.25) is 0 Å². The summed E-state index contributed by atoms with van der Waals surface area (Å²) in [4.78, 5) is 10.4. The minimum absolute atomic E-state index is 0.119. The van der Waals surface area contributed by atoms with Crippen molar-refractivity contribution in [2.75, 3.05) is 13.1 Å². The van der Waals surface area contributed by atoms with Crippen molar-refractivity contribution in [3.05, 3.63) is 0 Å². The normalized spacial score (nSPS) is 15.8. The van der Waals surface area contributed by atoms with Gasteiger partial charge in [-0.15, -0.1) is 0 Å². The maximum Gasteiger partial charge on any atom is 0.231 e. The molecule has 0 aromatic carbocycles. The second kappa shape index (κ2) is 5.19. The zero-order chi connectivity index (χ0) is 10.5. The second-order valence-electron chi connectivity index (χ2n) is 4.16. The molecule has 0 aliphatic carbocycles. The summed E-state index contributed by atoms with van der Waals surface area (Å²) >= 11 is 0. The predicted molar refractivity (Wildman–Crippen MR) is 52.1 cm³/mol. The molecule has 0 spiro atoms. The summed E-state index contributed by atoms with van der Waals surface area (Å²) in [5.74, 6) is 0.0331. The lowest BCUT2D eigenvalue weighted by molar-refractivity contribution is -0.117. The molecule has 4 nitrogen and oxygen atoms in total. The van der Waals surface area contributed by atoms with Gasteiger partial charge in [-0.3, -0.25) is 4.79 Å². The molecule has 0 saturated carbocycles. The van der Waals surface area contributed by atoms with Gasteiger partial charge in [0.2, 0.25) is 5.91 Å². The van der Waals surface area contributed by atoms with Gasteiger partial charge in [0.1, 0.15) is 0 Å². The average molecular weight is 188 g/mol. The van der Waals surface area contributed by atoms with Crippen molar-refractivity contribution in [3.8, 4) is 0 Å². The van der Waals surface area contributed by atoms with Gasteiger partial charge in [0.15, 0.2) is 0 Å². The van der Waals surface area contributed by atoms with Gasteiger partial charge in [-0.05, 0) is 19.3 Å². The van der Waals surface area contributed by atoms with E-state index in [-0.39, 0.29) is 6.54 Å². The van der Waals surface area contributed by atoms with Crippen LogP contribution in [0.15, 0.2) is 0 Å². The van der Waals surface area contributed by atoms with Crippen LogP contribution in [0.4, 0.5) is 0 Å². The van der Waals surface area contributed by atoms with E-state index in [1.165, 1.54) is 0 Å². The van der Waals surface area contributed by atoms with E-state index in [1.54, 1.807) is 6.92 Å². The fourth-order valence-corrected chi connectivity index (χ4v) is 1.41. The molecular formula is C9H20N2O2. The lowest BCUT2D eigenvalue weighted by Crippen LogP contribution is -2.41. The molecule has 0 aliphatic rings. The van der Waals surface area contributed by atoms with E-state index in [0.717, 1.165) is 0 Å². The van der Waals surface area contributed by atoms with Crippen LogP contribution in [-0.2, 0) is 4.79 Å². The standard InChI is InChI=1S/C9H20N2O2/c1-7(2)4-9(3,13)6-11-5-8(10)12/h7,11,13H,4-6H2,1-3H3,(H2,10,12). The Morgan fingerprint density at radius 2 is 2.15 bits per heavy atom. The van der Waals surface area contributed by atoms with Crippen LogP contribution in [0.3, 0.4) is 0 Å². The molecule has 4 N–H and O–H groups in total. The van der Waals surface area contributed by atoms with E-state index in [1.807, 2.05) is 13.8 Å². The molecule has 0 aromatic heterocycles. The molecule has 0 fully saturated rings. The van der Waals surface area contributed by atoms with Crippen molar-refractivity contribution in [1.82, 2.24) is 5.32 Å². The average Bonchev–Trinajstić information content (AvgIpc) is 1.81.